The first-order valence-corrected chi connectivity index (χ1v) is 6.26. The molecule has 94 valence electrons. The summed E-state index contributed by atoms with van der Waals surface area (Å²) >= 11 is 0. The second-order valence-corrected chi connectivity index (χ2v) is 5.01. The van der Waals surface area contributed by atoms with Gasteiger partial charge in [-0.05, 0) is 31.6 Å². The number of amides is 1. The zero-order valence-corrected chi connectivity index (χ0v) is 10.3. The van der Waals surface area contributed by atoms with Crippen LogP contribution in [0.5, 0.6) is 0 Å². The second-order valence-electron chi connectivity index (χ2n) is 5.01. The lowest BCUT2D eigenvalue weighted by Crippen LogP contribution is -2.39. The van der Waals surface area contributed by atoms with Crippen LogP contribution in [0.4, 0.5) is 0 Å². The van der Waals surface area contributed by atoms with Crippen LogP contribution in [0.1, 0.15) is 39.5 Å². The standard InChI is InChI=1S/C12H24N2O2/c1-9(2)13-8-12(16)14-7-10-3-5-11(15)6-4-10/h9-11,13,15H,3-8H2,1-2H3,(H,14,16). The van der Waals surface area contributed by atoms with E-state index >= 15 is 0 Å². The molecule has 0 heterocycles. The molecule has 4 heteroatoms. The van der Waals surface area contributed by atoms with Crippen molar-refractivity contribution in [3.05, 3.63) is 0 Å². The summed E-state index contributed by atoms with van der Waals surface area (Å²) in [6.07, 6.45) is 3.70. The molecule has 1 rings (SSSR count). The van der Waals surface area contributed by atoms with Crippen molar-refractivity contribution in [1.82, 2.24) is 10.6 Å². The highest BCUT2D eigenvalue weighted by atomic mass is 16.3. The minimum Gasteiger partial charge on any atom is -0.393 e. The van der Waals surface area contributed by atoms with Crippen LogP contribution in [0.15, 0.2) is 0 Å². The molecule has 0 unspecified atom stereocenters. The molecule has 1 saturated carbocycles. The smallest absolute Gasteiger partial charge is 0.233 e. The number of rotatable bonds is 5. The number of nitrogens with one attached hydrogen (secondary N) is 2. The van der Waals surface area contributed by atoms with Crippen LogP contribution < -0.4 is 10.6 Å². The predicted octanol–water partition coefficient (Wildman–Crippen LogP) is 0.652. The molecule has 0 radical (unpaired) electrons. The Morgan fingerprint density at radius 2 is 1.94 bits per heavy atom. The Balaban J connectivity index is 2.07. The number of carbonyl (C=O) groups is 1. The van der Waals surface area contributed by atoms with Crippen LogP contribution in [-0.4, -0.2) is 36.2 Å². The maximum absolute atomic E-state index is 11.4. The monoisotopic (exact) mass is 228 g/mol. The molecule has 1 aliphatic carbocycles. The van der Waals surface area contributed by atoms with E-state index in [2.05, 4.69) is 10.6 Å². The number of aliphatic hydroxyl groups excluding tert-OH is 1. The van der Waals surface area contributed by atoms with Gasteiger partial charge in [0.15, 0.2) is 0 Å². The number of hydrogen-bond acceptors (Lipinski definition) is 3. The Bertz CT molecular complexity index is 211. The summed E-state index contributed by atoms with van der Waals surface area (Å²) in [6.45, 7) is 5.20. The number of hydrogen-bond donors (Lipinski definition) is 3. The van der Waals surface area contributed by atoms with Crippen LogP contribution >= 0.6 is 0 Å². The van der Waals surface area contributed by atoms with Gasteiger partial charge in [-0.1, -0.05) is 13.8 Å². The third kappa shape index (κ3) is 5.47. The van der Waals surface area contributed by atoms with E-state index in [1.807, 2.05) is 13.8 Å². The summed E-state index contributed by atoms with van der Waals surface area (Å²) in [5, 5.41) is 15.4. The second kappa shape index (κ2) is 6.86. The molecule has 1 fully saturated rings. The lowest BCUT2D eigenvalue weighted by molar-refractivity contribution is -0.120. The highest BCUT2D eigenvalue weighted by Crippen LogP contribution is 2.23. The predicted molar refractivity (Wildman–Crippen MR) is 64.1 cm³/mol. The zero-order chi connectivity index (χ0) is 12.0. The van der Waals surface area contributed by atoms with E-state index < -0.39 is 0 Å². The summed E-state index contributed by atoms with van der Waals surface area (Å²) in [6, 6.07) is 0.343. The summed E-state index contributed by atoms with van der Waals surface area (Å²) in [5.74, 6) is 0.617. The van der Waals surface area contributed by atoms with Gasteiger partial charge in [0.1, 0.15) is 0 Å². The van der Waals surface area contributed by atoms with Crippen molar-refractivity contribution >= 4 is 5.91 Å². The van der Waals surface area contributed by atoms with Gasteiger partial charge in [0, 0.05) is 12.6 Å². The molecule has 1 aliphatic rings. The van der Waals surface area contributed by atoms with Crippen molar-refractivity contribution in [2.24, 2.45) is 5.92 Å². The topological polar surface area (TPSA) is 61.4 Å². The molecule has 0 saturated heterocycles. The molecule has 0 aromatic heterocycles. The SMILES string of the molecule is CC(C)NCC(=O)NCC1CCC(O)CC1. The van der Waals surface area contributed by atoms with Crippen LogP contribution in [0.25, 0.3) is 0 Å². The van der Waals surface area contributed by atoms with Crippen LogP contribution in [0.2, 0.25) is 0 Å². The van der Waals surface area contributed by atoms with Crippen LogP contribution in [-0.2, 0) is 4.79 Å². The first-order chi connectivity index (χ1) is 7.58. The minimum atomic E-state index is -0.116. The van der Waals surface area contributed by atoms with Gasteiger partial charge in [-0.25, -0.2) is 0 Å². The lowest BCUT2D eigenvalue weighted by atomic mass is 9.87. The van der Waals surface area contributed by atoms with Crippen molar-refractivity contribution in [3.8, 4) is 0 Å². The minimum absolute atomic E-state index is 0.0693. The van der Waals surface area contributed by atoms with E-state index in [1.165, 1.54) is 0 Å². The van der Waals surface area contributed by atoms with E-state index in [-0.39, 0.29) is 12.0 Å². The van der Waals surface area contributed by atoms with Crippen LogP contribution in [0.3, 0.4) is 0 Å². The molecule has 0 bridgehead atoms. The van der Waals surface area contributed by atoms with Gasteiger partial charge in [-0.15, -0.1) is 0 Å². The van der Waals surface area contributed by atoms with E-state index in [1.54, 1.807) is 0 Å². The van der Waals surface area contributed by atoms with Crippen molar-refractivity contribution in [3.63, 3.8) is 0 Å². The Morgan fingerprint density at radius 1 is 1.31 bits per heavy atom. The van der Waals surface area contributed by atoms with Crippen molar-refractivity contribution in [2.75, 3.05) is 13.1 Å². The molecule has 1 amide bonds. The van der Waals surface area contributed by atoms with Gasteiger partial charge in [0.05, 0.1) is 12.6 Å². The van der Waals surface area contributed by atoms with Crippen LogP contribution in [0, 0.1) is 5.92 Å². The first kappa shape index (κ1) is 13.5. The Hall–Kier alpha value is -0.610. The van der Waals surface area contributed by atoms with Gasteiger partial charge in [0.2, 0.25) is 5.91 Å². The molecular formula is C12H24N2O2. The summed E-state index contributed by atoms with van der Waals surface area (Å²) in [7, 11) is 0. The van der Waals surface area contributed by atoms with E-state index in [9.17, 15) is 9.90 Å². The third-order valence-electron chi connectivity index (χ3n) is 3.08. The van der Waals surface area contributed by atoms with Crippen molar-refractivity contribution in [1.29, 1.82) is 0 Å². The lowest BCUT2D eigenvalue weighted by Gasteiger charge is -2.25. The molecule has 0 atom stereocenters. The average molecular weight is 228 g/mol. The highest BCUT2D eigenvalue weighted by molar-refractivity contribution is 5.77. The van der Waals surface area contributed by atoms with Gasteiger partial charge < -0.3 is 15.7 Å². The Labute approximate surface area is 97.8 Å². The van der Waals surface area contributed by atoms with Crippen molar-refractivity contribution < 1.29 is 9.90 Å². The molecular weight excluding hydrogens is 204 g/mol. The first-order valence-electron chi connectivity index (χ1n) is 6.26. The molecule has 0 aliphatic heterocycles. The van der Waals surface area contributed by atoms with E-state index in [4.69, 9.17) is 0 Å². The third-order valence-corrected chi connectivity index (χ3v) is 3.08. The molecule has 3 N–H and O–H groups in total. The molecule has 0 aromatic rings. The van der Waals surface area contributed by atoms with Gasteiger partial charge >= 0.3 is 0 Å². The fourth-order valence-corrected chi connectivity index (χ4v) is 1.97. The number of carbonyl (C=O) groups excluding carboxylic acids is 1. The quantitative estimate of drug-likeness (QED) is 0.647. The van der Waals surface area contributed by atoms with Gasteiger partial charge in [-0.2, -0.15) is 0 Å². The summed E-state index contributed by atoms with van der Waals surface area (Å²) < 4.78 is 0. The molecule has 0 spiro atoms. The molecule has 16 heavy (non-hydrogen) atoms. The number of aliphatic hydroxyl groups is 1. The normalized spacial score (nSPS) is 25.8. The van der Waals surface area contributed by atoms with E-state index in [0.717, 1.165) is 32.2 Å². The Kier molecular flexibility index (Phi) is 5.77. The molecule has 4 nitrogen and oxygen atoms in total. The fraction of sp³-hybridized carbons (Fsp3) is 0.917. The largest absolute Gasteiger partial charge is 0.393 e. The van der Waals surface area contributed by atoms with E-state index in [0.29, 0.717) is 18.5 Å². The maximum atomic E-state index is 11.4. The fourth-order valence-electron chi connectivity index (χ4n) is 1.97. The summed E-state index contributed by atoms with van der Waals surface area (Å²) in [4.78, 5) is 11.4. The summed E-state index contributed by atoms with van der Waals surface area (Å²) in [5.41, 5.74) is 0. The maximum Gasteiger partial charge on any atom is 0.233 e. The van der Waals surface area contributed by atoms with Crippen molar-refractivity contribution in [2.45, 2.75) is 51.7 Å². The molecule has 0 aromatic carbocycles. The Morgan fingerprint density at radius 3 is 2.50 bits per heavy atom. The average Bonchev–Trinajstić information content (AvgIpc) is 2.25. The van der Waals surface area contributed by atoms with Gasteiger partial charge in [0.25, 0.3) is 0 Å². The van der Waals surface area contributed by atoms with Gasteiger partial charge in [-0.3, -0.25) is 4.79 Å². The zero-order valence-electron chi connectivity index (χ0n) is 10.3. The highest BCUT2D eigenvalue weighted by Gasteiger charge is 2.19.